The summed E-state index contributed by atoms with van der Waals surface area (Å²) in [5.74, 6) is 0.520. The van der Waals surface area contributed by atoms with E-state index in [0.717, 1.165) is 0 Å². The maximum atomic E-state index is 11.2. The highest BCUT2D eigenvalue weighted by atomic mass is 35.7. The Morgan fingerprint density at radius 3 is 2.80 bits per heavy atom. The van der Waals surface area contributed by atoms with Crippen molar-refractivity contribution in [1.82, 2.24) is 9.97 Å². The van der Waals surface area contributed by atoms with Gasteiger partial charge < -0.3 is 9.72 Å². The molecule has 0 radical (unpaired) electrons. The van der Waals surface area contributed by atoms with Gasteiger partial charge in [0.2, 0.25) is 0 Å². The number of ether oxygens (including phenoxy) is 1. The largest absolute Gasteiger partial charge is 0.494 e. The highest BCUT2D eigenvalue weighted by molar-refractivity contribution is 8.14. The zero-order valence-corrected chi connectivity index (χ0v) is 9.26. The molecule has 0 spiro atoms. The lowest BCUT2D eigenvalue weighted by molar-refractivity contribution is 0.419. The Bertz CT molecular complexity index is 605. The van der Waals surface area contributed by atoms with Gasteiger partial charge in [0, 0.05) is 10.7 Å². The lowest BCUT2D eigenvalue weighted by Crippen LogP contribution is -1.94. The molecular formula is C8H7ClN2O3S. The van der Waals surface area contributed by atoms with Gasteiger partial charge in [-0.15, -0.1) is 0 Å². The maximum absolute atomic E-state index is 11.2. The van der Waals surface area contributed by atoms with Crippen LogP contribution in [0.3, 0.4) is 0 Å². The number of rotatable bonds is 2. The summed E-state index contributed by atoms with van der Waals surface area (Å²) in [6, 6.07) is 2.89. The topological polar surface area (TPSA) is 72.1 Å². The molecule has 1 heterocycles. The minimum Gasteiger partial charge on any atom is -0.494 e. The van der Waals surface area contributed by atoms with E-state index in [9.17, 15) is 8.42 Å². The predicted molar refractivity (Wildman–Crippen MR) is 55.7 cm³/mol. The molecule has 15 heavy (non-hydrogen) atoms. The van der Waals surface area contributed by atoms with Crippen LogP contribution >= 0.6 is 10.7 Å². The van der Waals surface area contributed by atoms with Gasteiger partial charge in [0.25, 0.3) is 9.05 Å². The highest BCUT2D eigenvalue weighted by Gasteiger charge is 2.18. The maximum Gasteiger partial charge on any atom is 0.263 e. The monoisotopic (exact) mass is 246 g/mol. The van der Waals surface area contributed by atoms with Crippen LogP contribution < -0.4 is 4.74 Å². The molecule has 0 aliphatic heterocycles. The second kappa shape index (κ2) is 3.39. The smallest absolute Gasteiger partial charge is 0.263 e. The summed E-state index contributed by atoms with van der Waals surface area (Å²) in [6.07, 6.45) is 1.39. The molecule has 7 heteroatoms. The van der Waals surface area contributed by atoms with Crippen LogP contribution in [0.1, 0.15) is 0 Å². The number of imidazole rings is 1. The van der Waals surface area contributed by atoms with Crippen LogP contribution in [0.4, 0.5) is 0 Å². The molecule has 1 aromatic carbocycles. The van der Waals surface area contributed by atoms with E-state index in [0.29, 0.717) is 11.3 Å². The number of methoxy groups -OCH3 is 1. The van der Waals surface area contributed by atoms with Crippen molar-refractivity contribution in [3.8, 4) is 5.75 Å². The van der Waals surface area contributed by atoms with Crippen molar-refractivity contribution in [2.24, 2.45) is 0 Å². The number of nitrogens with one attached hydrogen (secondary N) is 1. The molecule has 1 aromatic heterocycles. The van der Waals surface area contributed by atoms with E-state index < -0.39 is 9.05 Å². The minimum absolute atomic E-state index is 0.0267. The van der Waals surface area contributed by atoms with Gasteiger partial charge in [0.05, 0.1) is 13.4 Å². The number of hydrogen-bond donors (Lipinski definition) is 1. The van der Waals surface area contributed by atoms with Crippen molar-refractivity contribution < 1.29 is 13.2 Å². The van der Waals surface area contributed by atoms with Crippen molar-refractivity contribution >= 4 is 30.8 Å². The Labute approximate surface area is 90.5 Å². The zero-order chi connectivity index (χ0) is 11.1. The number of aromatic nitrogens is 2. The third-order valence-electron chi connectivity index (χ3n) is 1.99. The van der Waals surface area contributed by atoms with Gasteiger partial charge in [0.15, 0.2) is 0 Å². The summed E-state index contributed by atoms with van der Waals surface area (Å²) in [5, 5.41) is 0. The molecular weight excluding hydrogens is 240 g/mol. The number of halogens is 1. The van der Waals surface area contributed by atoms with Crippen LogP contribution in [0.5, 0.6) is 5.75 Å². The van der Waals surface area contributed by atoms with Crippen LogP contribution in [-0.2, 0) is 9.05 Å². The van der Waals surface area contributed by atoms with Crippen LogP contribution in [0.15, 0.2) is 23.4 Å². The van der Waals surface area contributed by atoms with E-state index >= 15 is 0 Å². The number of nitrogens with zero attached hydrogens (tertiary/aromatic N) is 1. The lowest BCUT2D eigenvalue weighted by Gasteiger charge is -2.02. The van der Waals surface area contributed by atoms with Crippen molar-refractivity contribution in [1.29, 1.82) is 0 Å². The Hall–Kier alpha value is -1.27. The Balaban J connectivity index is 2.86. The molecule has 0 aliphatic carbocycles. The van der Waals surface area contributed by atoms with Gasteiger partial charge in [0.1, 0.15) is 21.7 Å². The molecule has 1 N–H and O–H groups in total. The fraction of sp³-hybridized carbons (Fsp3) is 0.125. The van der Waals surface area contributed by atoms with Crippen LogP contribution in [0.25, 0.3) is 11.0 Å². The second-order valence-electron chi connectivity index (χ2n) is 2.83. The standard InChI is InChI=1S/C8H7ClN2O3S/c1-14-5-2-3-6(15(9,12)13)8-7(5)10-4-11-8/h2-4H,1H3,(H,10,11). The molecule has 0 aliphatic rings. The van der Waals surface area contributed by atoms with Gasteiger partial charge in [-0.2, -0.15) is 0 Å². The number of H-pyrrole nitrogens is 1. The molecule has 0 fully saturated rings. The number of benzene rings is 1. The molecule has 0 amide bonds. The minimum atomic E-state index is -3.79. The van der Waals surface area contributed by atoms with Crippen molar-refractivity contribution in [3.05, 3.63) is 18.5 Å². The zero-order valence-electron chi connectivity index (χ0n) is 7.69. The van der Waals surface area contributed by atoms with E-state index in [2.05, 4.69) is 9.97 Å². The quantitative estimate of drug-likeness (QED) is 0.815. The molecule has 0 atom stereocenters. The summed E-state index contributed by atoms with van der Waals surface area (Å²) in [4.78, 5) is 6.66. The fourth-order valence-corrected chi connectivity index (χ4v) is 2.34. The molecule has 0 bridgehead atoms. The van der Waals surface area contributed by atoms with Crippen LogP contribution in [0.2, 0.25) is 0 Å². The van der Waals surface area contributed by atoms with Gasteiger partial charge in [-0.25, -0.2) is 13.4 Å². The molecule has 0 saturated heterocycles. The normalized spacial score (nSPS) is 11.9. The summed E-state index contributed by atoms with van der Waals surface area (Å²) in [5.41, 5.74) is 0.795. The van der Waals surface area contributed by atoms with E-state index in [1.165, 1.54) is 25.6 Å². The van der Waals surface area contributed by atoms with Gasteiger partial charge in [-0.05, 0) is 12.1 Å². The summed E-state index contributed by atoms with van der Waals surface area (Å²) in [7, 11) is 2.97. The Morgan fingerprint density at radius 2 is 2.20 bits per heavy atom. The summed E-state index contributed by atoms with van der Waals surface area (Å²) < 4.78 is 27.5. The van der Waals surface area contributed by atoms with Gasteiger partial charge in [-0.3, -0.25) is 0 Å². The van der Waals surface area contributed by atoms with Crippen molar-refractivity contribution in [2.75, 3.05) is 7.11 Å². The van der Waals surface area contributed by atoms with Crippen molar-refractivity contribution in [2.45, 2.75) is 4.90 Å². The SMILES string of the molecule is COc1ccc(S(=O)(=O)Cl)c2nc[nH]c12. The van der Waals surface area contributed by atoms with E-state index in [4.69, 9.17) is 15.4 Å². The first-order valence-corrected chi connectivity index (χ1v) is 6.29. The first kappa shape index (κ1) is 10.3. The third kappa shape index (κ3) is 1.66. The van der Waals surface area contributed by atoms with E-state index in [1.54, 1.807) is 0 Å². The lowest BCUT2D eigenvalue weighted by atomic mass is 10.3. The van der Waals surface area contributed by atoms with Crippen LogP contribution in [0, 0.1) is 0 Å². The number of hydrogen-bond acceptors (Lipinski definition) is 4. The molecule has 0 saturated carbocycles. The first-order chi connectivity index (χ1) is 7.04. The van der Waals surface area contributed by atoms with E-state index in [1.807, 2.05) is 0 Å². The molecule has 2 rings (SSSR count). The average molecular weight is 247 g/mol. The Kier molecular flexibility index (Phi) is 2.32. The average Bonchev–Trinajstić information content (AvgIpc) is 2.62. The number of fused-ring (bicyclic) bond motifs is 1. The fourth-order valence-electron chi connectivity index (χ4n) is 1.35. The highest BCUT2D eigenvalue weighted by Crippen LogP contribution is 2.29. The predicted octanol–water partition coefficient (Wildman–Crippen LogP) is 1.50. The summed E-state index contributed by atoms with van der Waals surface area (Å²) in [6.45, 7) is 0. The van der Waals surface area contributed by atoms with Gasteiger partial charge >= 0.3 is 0 Å². The molecule has 5 nitrogen and oxygen atoms in total. The number of aromatic amines is 1. The van der Waals surface area contributed by atoms with E-state index in [-0.39, 0.29) is 10.4 Å². The molecule has 0 unspecified atom stereocenters. The Morgan fingerprint density at radius 1 is 1.47 bits per heavy atom. The molecule has 2 aromatic rings. The first-order valence-electron chi connectivity index (χ1n) is 3.99. The van der Waals surface area contributed by atoms with Crippen LogP contribution in [-0.4, -0.2) is 25.5 Å². The molecule has 80 valence electrons. The second-order valence-corrected chi connectivity index (χ2v) is 5.36. The van der Waals surface area contributed by atoms with Gasteiger partial charge in [-0.1, -0.05) is 0 Å². The summed E-state index contributed by atoms with van der Waals surface area (Å²) >= 11 is 0. The third-order valence-corrected chi connectivity index (χ3v) is 3.34. The van der Waals surface area contributed by atoms with Crippen molar-refractivity contribution in [3.63, 3.8) is 0 Å².